The van der Waals surface area contributed by atoms with E-state index in [2.05, 4.69) is 5.32 Å². The largest absolute Gasteiger partial charge is 0.444 e. The van der Waals surface area contributed by atoms with Gasteiger partial charge in [-0.3, -0.25) is 4.79 Å². The molecule has 1 aliphatic heterocycles. The van der Waals surface area contributed by atoms with E-state index in [1.54, 1.807) is 0 Å². The van der Waals surface area contributed by atoms with Crippen molar-refractivity contribution in [3.05, 3.63) is 0 Å². The van der Waals surface area contributed by atoms with E-state index in [-0.39, 0.29) is 5.91 Å². The summed E-state index contributed by atoms with van der Waals surface area (Å²) in [6.07, 6.45) is 6.57. The van der Waals surface area contributed by atoms with E-state index in [0.717, 1.165) is 19.4 Å². The fourth-order valence-electron chi connectivity index (χ4n) is 4.10. The van der Waals surface area contributed by atoms with Crippen molar-refractivity contribution < 1.29 is 14.3 Å². The van der Waals surface area contributed by atoms with Crippen LogP contribution in [0.25, 0.3) is 0 Å². The number of likely N-dealkylation sites (N-methyl/N-ethyl adjacent to an activating group) is 1. The van der Waals surface area contributed by atoms with Crippen LogP contribution < -0.4 is 5.32 Å². The molecule has 1 aliphatic carbocycles. The molecule has 0 bridgehead atoms. The molecule has 2 fully saturated rings. The van der Waals surface area contributed by atoms with Crippen molar-refractivity contribution in [2.24, 2.45) is 5.92 Å². The molecule has 0 radical (unpaired) electrons. The highest BCUT2D eigenvalue weighted by Crippen LogP contribution is 2.35. The first-order valence-corrected chi connectivity index (χ1v) is 9.62. The van der Waals surface area contributed by atoms with Gasteiger partial charge in [-0.2, -0.15) is 0 Å². The van der Waals surface area contributed by atoms with Crippen LogP contribution in [-0.4, -0.2) is 66.7 Å². The fourth-order valence-corrected chi connectivity index (χ4v) is 4.10. The molecule has 0 aromatic heterocycles. The third-order valence-corrected chi connectivity index (χ3v) is 5.06. The monoisotopic (exact) mass is 353 g/mol. The second kappa shape index (κ2) is 8.39. The van der Waals surface area contributed by atoms with Crippen molar-refractivity contribution in [3.63, 3.8) is 0 Å². The van der Waals surface area contributed by atoms with Gasteiger partial charge in [0, 0.05) is 19.1 Å². The smallest absolute Gasteiger partial charge is 0.408 e. The first-order valence-electron chi connectivity index (χ1n) is 9.62. The number of amides is 2. The molecule has 6 nitrogen and oxygen atoms in total. The van der Waals surface area contributed by atoms with Gasteiger partial charge in [0.25, 0.3) is 0 Å². The Morgan fingerprint density at radius 1 is 1.16 bits per heavy atom. The predicted molar refractivity (Wildman–Crippen MR) is 98.4 cm³/mol. The lowest BCUT2D eigenvalue weighted by atomic mass is 9.78. The Kier molecular flexibility index (Phi) is 6.72. The molecule has 1 saturated carbocycles. The van der Waals surface area contributed by atoms with Gasteiger partial charge in [0.15, 0.2) is 0 Å². The first-order chi connectivity index (χ1) is 11.7. The molecular formula is C19H35N3O3. The molecule has 0 spiro atoms. The van der Waals surface area contributed by atoms with E-state index < -0.39 is 17.7 Å². The minimum Gasteiger partial charge on any atom is -0.444 e. The lowest BCUT2D eigenvalue weighted by Gasteiger charge is -2.45. The quantitative estimate of drug-likeness (QED) is 0.844. The highest BCUT2D eigenvalue weighted by Gasteiger charge is 2.38. The molecule has 2 rings (SSSR count). The predicted octanol–water partition coefficient (Wildman–Crippen LogP) is 2.62. The van der Waals surface area contributed by atoms with Gasteiger partial charge in [-0.05, 0) is 66.5 Å². The third kappa shape index (κ3) is 5.87. The average Bonchev–Trinajstić information content (AvgIpc) is 2.50. The van der Waals surface area contributed by atoms with Gasteiger partial charge in [-0.25, -0.2) is 4.79 Å². The molecule has 1 saturated heterocycles. The van der Waals surface area contributed by atoms with E-state index in [1.165, 1.54) is 25.7 Å². The van der Waals surface area contributed by atoms with Crippen molar-refractivity contribution in [2.75, 3.05) is 27.2 Å². The second-order valence-corrected chi connectivity index (χ2v) is 8.75. The standard InChI is InChI=1S/C19H35N3O3/c1-19(2,3)25-18(24)20-15(13-21(4)5)17(23)22-12-8-10-14-9-6-7-11-16(14)22/h14-16H,6-13H2,1-5H3,(H,20,24)/t14-,15-,16+/m1/s1. The maximum Gasteiger partial charge on any atom is 0.408 e. The Balaban J connectivity index is 2.07. The topological polar surface area (TPSA) is 61.9 Å². The van der Waals surface area contributed by atoms with E-state index in [4.69, 9.17) is 4.74 Å². The number of piperidine rings is 1. The van der Waals surface area contributed by atoms with Crippen molar-refractivity contribution in [2.45, 2.75) is 77.0 Å². The molecule has 0 unspecified atom stereocenters. The summed E-state index contributed by atoms with van der Waals surface area (Å²) in [4.78, 5) is 29.4. The van der Waals surface area contributed by atoms with Gasteiger partial charge >= 0.3 is 6.09 Å². The minimum absolute atomic E-state index is 0.0381. The lowest BCUT2D eigenvalue weighted by molar-refractivity contribution is -0.140. The maximum atomic E-state index is 13.2. The lowest BCUT2D eigenvalue weighted by Crippen LogP contribution is -2.58. The SMILES string of the molecule is CN(C)C[C@@H](NC(=O)OC(C)(C)C)C(=O)N1CCC[C@H]2CCCC[C@@H]21. The van der Waals surface area contributed by atoms with Crippen LogP contribution in [0.2, 0.25) is 0 Å². The van der Waals surface area contributed by atoms with Crippen LogP contribution in [0.4, 0.5) is 4.79 Å². The minimum atomic E-state index is -0.574. The summed E-state index contributed by atoms with van der Waals surface area (Å²) >= 11 is 0. The summed E-state index contributed by atoms with van der Waals surface area (Å²) in [7, 11) is 3.83. The van der Waals surface area contributed by atoms with Gasteiger partial charge in [-0.1, -0.05) is 12.8 Å². The zero-order chi connectivity index (χ0) is 18.6. The number of carbonyl (C=O) groups is 2. The normalized spacial score (nSPS) is 25.3. The summed E-state index contributed by atoms with van der Waals surface area (Å²) in [5.74, 6) is 0.671. The van der Waals surface area contributed by atoms with Gasteiger partial charge in [-0.15, -0.1) is 0 Å². The summed E-state index contributed by atoms with van der Waals surface area (Å²) in [5, 5.41) is 2.80. The van der Waals surface area contributed by atoms with Crippen LogP contribution in [0.5, 0.6) is 0 Å². The average molecular weight is 354 g/mol. The summed E-state index contributed by atoms with van der Waals surface area (Å²) < 4.78 is 5.35. The highest BCUT2D eigenvalue weighted by molar-refractivity contribution is 5.86. The molecule has 1 N–H and O–H groups in total. The summed E-state index contributed by atoms with van der Waals surface area (Å²) in [6, 6.07) is -0.217. The van der Waals surface area contributed by atoms with Crippen molar-refractivity contribution >= 4 is 12.0 Å². The molecule has 25 heavy (non-hydrogen) atoms. The van der Waals surface area contributed by atoms with Crippen molar-refractivity contribution in [1.29, 1.82) is 0 Å². The Hall–Kier alpha value is -1.30. The first kappa shape index (κ1) is 20.0. The van der Waals surface area contributed by atoms with Gasteiger partial charge in [0.05, 0.1) is 0 Å². The zero-order valence-corrected chi connectivity index (χ0v) is 16.5. The molecular weight excluding hydrogens is 318 g/mol. The number of nitrogens with zero attached hydrogens (tertiary/aromatic N) is 2. The van der Waals surface area contributed by atoms with Crippen LogP contribution >= 0.6 is 0 Å². The molecule has 0 aromatic carbocycles. The number of likely N-dealkylation sites (tertiary alicyclic amines) is 1. The summed E-state index contributed by atoms with van der Waals surface area (Å²) in [5.41, 5.74) is -0.574. The Labute approximate surface area is 152 Å². The van der Waals surface area contributed by atoms with Crippen LogP contribution in [0.1, 0.15) is 59.3 Å². The van der Waals surface area contributed by atoms with Crippen molar-refractivity contribution in [3.8, 4) is 0 Å². The highest BCUT2D eigenvalue weighted by atomic mass is 16.6. The maximum absolute atomic E-state index is 13.2. The van der Waals surface area contributed by atoms with Crippen LogP contribution in [0, 0.1) is 5.92 Å². The van der Waals surface area contributed by atoms with E-state index in [1.807, 2.05) is 44.7 Å². The van der Waals surface area contributed by atoms with Gasteiger partial charge in [0.1, 0.15) is 11.6 Å². The molecule has 2 amide bonds. The number of ether oxygens (including phenoxy) is 1. The molecule has 6 heteroatoms. The number of hydrogen-bond acceptors (Lipinski definition) is 4. The summed E-state index contributed by atoms with van der Waals surface area (Å²) in [6.45, 7) is 6.76. The number of carbonyl (C=O) groups excluding carboxylic acids is 2. The van der Waals surface area contributed by atoms with E-state index in [0.29, 0.717) is 18.5 Å². The molecule has 1 heterocycles. The number of hydrogen-bond donors (Lipinski definition) is 1. The second-order valence-electron chi connectivity index (χ2n) is 8.75. The molecule has 144 valence electrons. The van der Waals surface area contributed by atoms with E-state index in [9.17, 15) is 9.59 Å². The molecule has 2 aliphatic rings. The third-order valence-electron chi connectivity index (χ3n) is 5.06. The molecule has 0 aromatic rings. The van der Waals surface area contributed by atoms with Crippen LogP contribution in [0.15, 0.2) is 0 Å². The Morgan fingerprint density at radius 2 is 1.80 bits per heavy atom. The van der Waals surface area contributed by atoms with E-state index >= 15 is 0 Å². The Bertz CT molecular complexity index is 471. The van der Waals surface area contributed by atoms with Crippen LogP contribution in [-0.2, 0) is 9.53 Å². The number of fused-ring (bicyclic) bond motifs is 1. The number of rotatable bonds is 4. The fraction of sp³-hybridized carbons (Fsp3) is 0.895. The zero-order valence-electron chi connectivity index (χ0n) is 16.5. The Morgan fingerprint density at radius 3 is 2.44 bits per heavy atom. The van der Waals surface area contributed by atoms with Gasteiger partial charge in [0.2, 0.25) is 5.91 Å². The number of alkyl carbamates (subject to hydrolysis) is 1. The van der Waals surface area contributed by atoms with Crippen molar-refractivity contribution in [1.82, 2.24) is 15.1 Å². The molecule has 3 atom stereocenters. The van der Waals surface area contributed by atoms with Crippen LogP contribution in [0.3, 0.4) is 0 Å². The number of nitrogens with one attached hydrogen (secondary N) is 1. The van der Waals surface area contributed by atoms with Gasteiger partial charge < -0.3 is 19.9 Å².